The average Bonchev–Trinajstić information content (AvgIpc) is 2.01. The van der Waals surface area contributed by atoms with E-state index in [1.54, 1.807) is 0 Å². The van der Waals surface area contributed by atoms with Crippen molar-refractivity contribution in [2.75, 3.05) is 6.54 Å². The Morgan fingerprint density at radius 2 is 2.21 bits per heavy atom. The summed E-state index contributed by atoms with van der Waals surface area (Å²) in [5.74, 6) is 0.232. The van der Waals surface area contributed by atoms with Gasteiger partial charge in [0.15, 0.2) is 0 Å². The maximum Gasteiger partial charge on any atom is 0.325 e. The van der Waals surface area contributed by atoms with E-state index in [1.807, 2.05) is 0 Å². The van der Waals surface area contributed by atoms with Crippen molar-refractivity contribution in [3.8, 4) is 0 Å². The van der Waals surface area contributed by atoms with Gasteiger partial charge in [0.25, 0.3) is 0 Å². The van der Waals surface area contributed by atoms with E-state index >= 15 is 0 Å². The predicted octanol–water partition coefficient (Wildman–Crippen LogP) is 0.259. The van der Waals surface area contributed by atoms with E-state index < -0.39 is 6.17 Å². The largest absolute Gasteiger partial charge is 0.325 e. The van der Waals surface area contributed by atoms with Gasteiger partial charge in [0.2, 0.25) is 5.91 Å². The summed E-state index contributed by atoms with van der Waals surface area (Å²) < 4.78 is 0. The lowest BCUT2D eigenvalue weighted by Gasteiger charge is -2.32. The maximum absolute atomic E-state index is 11.3. The van der Waals surface area contributed by atoms with Crippen molar-refractivity contribution < 1.29 is 9.59 Å². The van der Waals surface area contributed by atoms with E-state index in [-0.39, 0.29) is 18.4 Å². The molecule has 0 bridgehead atoms. The van der Waals surface area contributed by atoms with Crippen LogP contribution >= 0.6 is 0 Å². The molecule has 14 heavy (non-hydrogen) atoms. The van der Waals surface area contributed by atoms with Gasteiger partial charge in [-0.25, -0.2) is 4.79 Å². The summed E-state index contributed by atoms with van der Waals surface area (Å²) in [5, 5.41) is 2.25. The molecule has 1 unspecified atom stereocenters. The maximum atomic E-state index is 11.3. The van der Waals surface area contributed by atoms with Crippen LogP contribution in [-0.4, -0.2) is 29.5 Å². The Bertz CT molecular complexity index is 240. The molecule has 1 atom stereocenters. The van der Waals surface area contributed by atoms with Gasteiger partial charge in [-0.2, -0.15) is 0 Å². The van der Waals surface area contributed by atoms with Crippen LogP contribution in [0.4, 0.5) is 4.79 Å². The van der Waals surface area contributed by atoms with Crippen LogP contribution in [0.3, 0.4) is 0 Å². The number of urea groups is 1. The molecule has 0 aromatic heterocycles. The topological polar surface area (TPSA) is 75.4 Å². The lowest BCUT2D eigenvalue weighted by molar-refractivity contribution is -0.122. The summed E-state index contributed by atoms with van der Waals surface area (Å²) in [6, 6.07) is -0.366. The first kappa shape index (κ1) is 11.0. The number of nitrogens with zero attached hydrogens (tertiary/aromatic N) is 1. The predicted molar refractivity (Wildman–Crippen MR) is 52.3 cm³/mol. The van der Waals surface area contributed by atoms with Gasteiger partial charge in [-0.3, -0.25) is 10.1 Å². The molecule has 5 heteroatoms. The second kappa shape index (κ2) is 4.41. The van der Waals surface area contributed by atoms with Gasteiger partial charge in [-0.15, -0.1) is 0 Å². The zero-order valence-electron chi connectivity index (χ0n) is 8.62. The highest BCUT2D eigenvalue weighted by Gasteiger charge is 2.29. The SMILES string of the molecule is CC(C)CCN1C(=O)NC(=O)CC1N. The number of nitrogens with one attached hydrogen (secondary N) is 1. The Hall–Kier alpha value is -1.10. The summed E-state index contributed by atoms with van der Waals surface area (Å²) in [6.45, 7) is 4.77. The van der Waals surface area contributed by atoms with Crippen LogP contribution in [0, 0.1) is 5.92 Å². The van der Waals surface area contributed by atoms with Gasteiger partial charge < -0.3 is 10.6 Å². The van der Waals surface area contributed by atoms with Crippen LogP contribution in [0.2, 0.25) is 0 Å². The van der Waals surface area contributed by atoms with Crippen LogP contribution in [0.5, 0.6) is 0 Å². The Balaban J connectivity index is 2.50. The number of hydrogen-bond donors (Lipinski definition) is 2. The average molecular weight is 199 g/mol. The van der Waals surface area contributed by atoms with E-state index in [1.165, 1.54) is 4.90 Å². The smallest absolute Gasteiger partial charge is 0.311 e. The second-order valence-electron chi connectivity index (χ2n) is 4.00. The molecule has 0 spiro atoms. The van der Waals surface area contributed by atoms with E-state index in [0.29, 0.717) is 12.5 Å². The number of imide groups is 1. The van der Waals surface area contributed by atoms with Crippen molar-refractivity contribution in [1.29, 1.82) is 0 Å². The third-order valence-corrected chi connectivity index (χ3v) is 2.25. The molecule has 3 amide bonds. The Kier molecular flexibility index (Phi) is 3.46. The van der Waals surface area contributed by atoms with E-state index in [4.69, 9.17) is 5.73 Å². The molecule has 0 aliphatic carbocycles. The number of amides is 3. The van der Waals surface area contributed by atoms with E-state index in [9.17, 15) is 9.59 Å². The Labute approximate surface area is 83.6 Å². The molecule has 1 heterocycles. The summed E-state index contributed by atoms with van der Waals surface area (Å²) in [5.41, 5.74) is 5.69. The van der Waals surface area contributed by atoms with Crippen molar-refractivity contribution in [2.45, 2.75) is 32.9 Å². The van der Waals surface area contributed by atoms with Gasteiger partial charge in [0, 0.05) is 6.54 Å². The molecule has 0 aromatic carbocycles. The van der Waals surface area contributed by atoms with Crippen LogP contribution in [0.25, 0.3) is 0 Å². The molecule has 3 N–H and O–H groups in total. The molecule has 0 aromatic rings. The number of rotatable bonds is 3. The molecule has 1 saturated heterocycles. The molecule has 0 radical (unpaired) electrons. The molecular formula is C9H17N3O2. The number of carbonyl (C=O) groups is 2. The van der Waals surface area contributed by atoms with Crippen LogP contribution in [-0.2, 0) is 4.79 Å². The lowest BCUT2D eigenvalue weighted by Crippen LogP contribution is -2.58. The van der Waals surface area contributed by atoms with Crippen LogP contribution in [0.1, 0.15) is 26.7 Å². The van der Waals surface area contributed by atoms with Crippen molar-refractivity contribution >= 4 is 11.9 Å². The Morgan fingerprint density at radius 1 is 1.57 bits per heavy atom. The normalized spacial score (nSPS) is 22.9. The van der Waals surface area contributed by atoms with Crippen molar-refractivity contribution in [1.82, 2.24) is 10.2 Å². The fourth-order valence-electron chi connectivity index (χ4n) is 1.36. The first-order chi connectivity index (χ1) is 6.50. The quantitative estimate of drug-likeness (QED) is 0.684. The fraction of sp³-hybridized carbons (Fsp3) is 0.778. The first-order valence-corrected chi connectivity index (χ1v) is 4.86. The summed E-state index contributed by atoms with van der Waals surface area (Å²) in [4.78, 5) is 23.8. The van der Waals surface area contributed by atoms with Gasteiger partial charge in [-0.1, -0.05) is 13.8 Å². The summed E-state index contributed by atoms with van der Waals surface area (Å²) in [6.07, 6.45) is 0.633. The highest BCUT2D eigenvalue weighted by Crippen LogP contribution is 2.09. The Morgan fingerprint density at radius 3 is 2.71 bits per heavy atom. The molecule has 1 aliphatic heterocycles. The van der Waals surface area contributed by atoms with Gasteiger partial charge in [0.05, 0.1) is 12.6 Å². The minimum Gasteiger partial charge on any atom is -0.311 e. The molecule has 1 rings (SSSR count). The third-order valence-electron chi connectivity index (χ3n) is 2.25. The molecule has 1 aliphatic rings. The van der Waals surface area contributed by atoms with Gasteiger partial charge in [-0.05, 0) is 12.3 Å². The van der Waals surface area contributed by atoms with Gasteiger partial charge >= 0.3 is 6.03 Å². The summed E-state index contributed by atoms with van der Waals surface area (Å²) in [7, 11) is 0. The first-order valence-electron chi connectivity index (χ1n) is 4.86. The minimum absolute atomic E-state index is 0.198. The summed E-state index contributed by atoms with van der Waals surface area (Å²) >= 11 is 0. The lowest BCUT2D eigenvalue weighted by atomic mass is 10.1. The monoisotopic (exact) mass is 199 g/mol. The number of nitrogens with two attached hydrogens (primary N) is 1. The van der Waals surface area contributed by atoms with Gasteiger partial charge in [0.1, 0.15) is 0 Å². The highest BCUT2D eigenvalue weighted by molar-refractivity contribution is 5.97. The standard InChI is InChI=1S/C9H17N3O2/c1-6(2)3-4-12-7(10)5-8(13)11-9(12)14/h6-7H,3-5,10H2,1-2H3,(H,11,13,14). The molecule has 0 saturated carbocycles. The minimum atomic E-state index is -0.463. The van der Waals surface area contributed by atoms with E-state index in [0.717, 1.165) is 6.42 Å². The zero-order chi connectivity index (χ0) is 10.7. The molecule has 5 nitrogen and oxygen atoms in total. The van der Waals surface area contributed by atoms with Crippen molar-refractivity contribution in [3.63, 3.8) is 0 Å². The van der Waals surface area contributed by atoms with E-state index in [2.05, 4.69) is 19.2 Å². The third kappa shape index (κ3) is 2.70. The molecule has 1 fully saturated rings. The van der Waals surface area contributed by atoms with Crippen LogP contribution in [0.15, 0.2) is 0 Å². The highest BCUT2D eigenvalue weighted by atomic mass is 16.2. The zero-order valence-corrected chi connectivity index (χ0v) is 8.62. The molecular weight excluding hydrogens is 182 g/mol. The number of hydrogen-bond acceptors (Lipinski definition) is 3. The fourth-order valence-corrected chi connectivity index (χ4v) is 1.36. The number of carbonyl (C=O) groups excluding carboxylic acids is 2. The second-order valence-corrected chi connectivity index (χ2v) is 4.00. The van der Waals surface area contributed by atoms with Crippen molar-refractivity contribution in [3.05, 3.63) is 0 Å². The molecule has 80 valence electrons. The van der Waals surface area contributed by atoms with Crippen LogP contribution < -0.4 is 11.1 Å². The van der Waals surface area contributed by atoms with Crippen molar-refractivity contribution in [2.24, 2.45) is 11.7 Å².